The first kappa shape index (κ1) is 21.0. The summed E-state index contributed by atoms with van der Waals surface area (Å²) in [6.07, 6.45) is 6.46. The minimum atomic E-state index is 0. The molecule has 3 nitrogen and oxygen atoms in total. The maximum absolute atomic E-state index is 12.4. The molecule has 2 rings (SSSR count). The van der Waals surface area contributed by atoms with Gasteiger partial charge in [0, 0.05) is 30.4 Å². The second-order valence-corrected chi connectivity index (χ2v) is 6.97. The van der Waals surface area contributed by atoms with E-state index in [1.165, 1.54) is 5.56 Å². The topological polar surface area (TPSA) is 33.5 Å². The van der Waals surface area contributed by atoms with E-state index in [4.69, 9.17) is 0 Å². The number of amides is 1. The molecule has 1 amide bonds. The van der Waals surface area contributed by atoms with E-state index in [0.717, 1.165) is 58.2 Å². The average molecular weight is 353 g/mol. The van der Waals surface area contributed by atoms with Gasteiger partial charge in [-0.05, 0) is 12.8 Å². The third kappa shape index (κ3) is 6.82. The molecule has 1 aromatic rings. The Morgan fingerprint density at radius 3 is 2.25 bits per heavy atom. The molecule has 0 bridgehead atoms. The lowest BCUT2D eigenvalue weighted by atomic mass is 9.96. The van der Waals surface area contributed by atoms with Gasteiger partial charge in [0.15, 0.2) is 0 Å². The van der Waals surface area contributed by atoms with Crippen LogP contribution >= 0.6 is 0 Å². The van der Waals surface area contributed by atoms with E-state index in [9.17, 15) is 4.79 Å². The van der Waals surface area contributed by atoms with Crippen LogP contribution < -0.4 is 22.6 Å². The van der Waals surface area contributed by atoms with Crippen molar-refractivity contribution in [2.24, 2.45) is 5.92 Å². The number of carbonyl (C=O) groups excluding carboxylic acids is 1. The van der Waals surface area contributed by atoms with E-state index < -0.39 is 0 Å². The van der Waals surface area contributed by atoms with Gasteiger partial charge in [0.1, 0.15) is 6.54 Å². The molecule has 1 saturated heterocycles. The lowest BCUT2D eigenvalue weighted by Crippen LogP contribution is -3.12. The molecule has 0 saturated carbocycles. The Bertz CT molecular complexity index is 452. The normalized spacial score (nSPS) is 20.5. The summed E-state index contributed by atoms with van der Waals surface area (Å²) >= 11 is 0. The van der Waals surface area contributed by atoms with Crippen LogP contribution in [0.25, 0.3) is 0 Å². The summed E-state index contributed by atoms with van der Waals surface area (Å²) in [5, 5.41) is 3.32. The van der Waals surface area contributed by atoms with Gasteiger partial charge >= 0.3 is 0 Å². The van der Waals surface area contributed by atoms with E-state index in [0.29, 0.717) is 11.9 Å². The number of piperidine rings is 1. The zero-order chi connectivity index (χ0) is 16.5. The van der Waals surface area contributed by atoms with E-state index in [1.54, 1.807) is 4.90 Å². The fraction of sp³-hybridized carbons (Fsp3) is 0.650. The van der Waals surface area contributed by atoms with Crippen molar-refractivity contribution in [2.45, 2.75) is 65.0 Å². The number of rotatable bonds is 8. The Labute approximate surface area is 153 Å². The molecule has 24 heavy (non-hydrogen) atoms. The first-order chi connectivity index (χ1) is 11.2. The van der Waals surface area contributed by atoms with Gasteiger partial charge in [-0.3, -0.25) is 4.79 Å². The van der Waals surface area contributed by atoms with Crippen molar-refractivity contribution in [2.75, 3.05) is 13.1 Å². The van der Waals surface area contributed by atoms with Crippen molar-refractivity contribution in [1.82, 2.24) is 5.32 Å². The molecule has 1 aliphatic rings. The first-order valence-corrected chi connectivity index (χ1v) is 9.40. The number of quaternary nitrogens is 1. The maximum atomic E-state index is 12.4. The summed E-state index contributed by atoms with van der Waals surface area (Å²) < 4.78 is 0. The van der Waals surface area contributed by atoms with Crippen LogP contribution in [-0.4, -0.2) is 25.0 Å². The summed E-state index contributed by atoms with van der Waals surface area (Å²) in [6.45, 7) is 7.76. The summed E-state index contributed by atoms with van der Waals surface area (Å²) in [6, 6.07) is 11.1. The molecule has 0 spiro atoms. The van der Waals surface area contributed by atoms with Crippen molar-refractivity contribution >= 4 is 5.91 Å². The van der Waals surface area contributed by atoms with Crippen molar-refractivity contribution in [3.63, 3.8) is 0 Å². The monoisotopic (exact) mass is 352 g/mol. The molecule has 2 N–H and O–H groups in total. The summed E-state index contributed by atoms with van der Waals surface area (Å²) in [4.78, 5) is 14.1. The average Bonchev–Trinajstić information content (AvgIpc) is 2.57. The lowest BCUT2D eigenvalue weighted by Gasteiger charge is -2.30. The van der Waals surface area contributed by atoms with Crippen molar-refractivity contribution in [3.8, 4) is 0 Å². The first-order valence-electron chi connectivity index (χ1n) is 9.40. The van der Waals surface area contributed by atoms with Gasteiger partial charge in [0.05, 0.1) is 13.1 Å². The molecule has 4 heteroatoms. The van der Waals surface area contributed by atoms with Gasteiger partial charge in [-0.1, -0.05) is 57.0 Å². The van der Waals surface area contributed by atoms with Crippen LogP contribution in [0.5, 0.6) is 0 Å². The SMILES string of the molecule is CCCC(CCC)C(=O)NC1CC[NH+](Cc2ccccc2)CC1.[Cl-]. The predicted molar refractivity (Wildman–Crippen MR) is 95.3 cm³/mol. The van der Waals surface area contributed by atoms with Gasteiger partial charge in [-0.2, -0.15) is 0 Å². The van der Waals surface area contributed by atoms with E-state index >= 15 is 0 Å². The summed E-state index contributed by atoms with van der Waals surface area (Å²) in [5.74, 6) is 0.518. The summed E-state index contributed by atoms with van der Waals surface area (Å²) in [7, 11) is 0. The van der Waals surface area contributed by atoms with Crippen LogP contribution in [0.15, 0.2) is 30.3 Å². The van der Waals surface area contributed by atoms with E-state index in [-0.39, 0.29) is 18.3 Å². The van der Waals surface area contributed by atoms with Gasteiger partial charge in [-0.25, -0.2) is 0 Å². The number of carbonyl (C=O) groups is 1. The highest BCUT2D eigenvalue weighted by molar-refractivity contribution is 5.78. The van der Waals surface area contributed by atoms with Gasteiger partial charge in [0.25, 0.3) is 0 Å². The zero-order valence-corrected chi connectivity index (χ0v) is 15.9. The highest BCUT2D eigenvalue weighted by Gasteiger charge is 2.25. The molecule has 1 aromatic carbocycles. The van der Waals surface area contributed by atoms with E-state index in [2.05, 4.69) is 49.5 Å². The number of likely N-dealkylation sites (tertiary alicyclic amines) is 1. The molecule has 0 unspecified atom stereocenters. The van der Waals surface area contributed by atoms with Gasteiger partial charge < -0.3 is 22.6 Å². The standard InChI is InChI=1S/C20H32N2O.ClH/c1-3-8-18(9-4-2)20(23)21-19-12-14-22(15-13-19)16-17-10-6-5-7-11-17;/h5-7,10-11,18-19H,3-4,8-9,12-16H2,1-2H3,(H,21,23);1H. The van der Waals surface area contributed by atoms with E-state index in [1.807, 2.05) is 0 Å². The minimum Gasteiger partial charge on any atom is -1.00 e. The predicted octanol–water partition coefficient (Wildman–Crippen LogP) is -0.429. The second kappa shape index (κ2) is 11.5. The minimum absolute atomic E-state index is 0. The fourth-order valence-corrected chi connectivity index (χ4v) is 3.65. The lowest BCUT2D eigenvalue weighted by molar-refractivity contribution is -0.918. The third-order valence-corrected chi connectivity index (χ3v) is 4.98. The van der Waals surface area contributed by atoms with Crippen LogP contribution in [0.3, 0.4) is 0 Å². The third-order valence-electron chi connectivity index (χ3n) is 4.98. The molecule has 136 valence electrons. The Morgan fingerprint density at radius 1 is 1.12 bits per heavy atom. The number of halogens is 1. The van der Waals surface area contributed by atoms with Crippen LogP contribution in [0.2, 0.25) is 0 Å². The van der Waals surface area contributed by atoms with Gasteiger partial charge in [0.2, 0.25) is 5.91 Å². The quantitative estimate of drug-likeness (QED) is 0.654. The molecule has 0 radical (unpaired) electrons. The Hall–Kier alpha value is -1.06. The number of benzene rings is 1. The zero-order valence-electron chi connectivity index (χ0n) is 15.2. The number of hydrogen-bond donors (Lipinski definition) is 2. The molecule has 0 atom stereocenters. The smallest absolute Gasteiger partial charge is 0.223 e. The molecule has 1 aliphatic heterocycles. The summed E-state index contributed by atoms with van der Waals surface area (Å²) in [5.41, 5.74) is 1.41. The molecule has 0 aliphatic carbocycles. The molecule has 1 heterocycles. The Morgan fingerprint density at radius 2 is 1.71 bits per heavy atom. The molecular weight excluding hydrogens is 320 g/mol. The van der Waals surface area contributed by atoms with Crippen molar-refractivity contribution in [3.05, 3.63) is 35.9 Å². The maximum Gasteiger partial charge on any atom is 0.223 e. The van der Waals surface area contributed by atoms with Crippen LogP contribution in [0.1, 0.15) is 57.9 Å². The fourth-order valence-electron chi connectivity index (χ4n) is 3.65. The van der Waals surface area contributed by atoms with Crippen molar-refractivity contribution < 1.29 is 22.1 Å². The van der Waals surface area contributed by atoms with Gasteiger partial charge in [-0.15, -0.1) is 0 Å². The molecular formula is C20H33ClN2O. The second-order valence-electron chi connectivity index (χ2n) is 6.97. The largest absolute Gasteiger partial charge is 1.00 e. The van der Waals surface area contributed by atoms with Crippen molar-refractivity contribution in [1.29, 1.82) is 0 Å². The Kier molecular flexibility index (Phi) is 10.0. The highest BCUT2D eigenvalue weighted by Crippen LogP contribution is 2.14. The van der Waals surface area contributed by atoms with Crippen LogP contribution in [0.4, 0.5) is 0 Å². The number of nitrogens with one attached hydrogen (secondary N) is 2. The van der Waals surface area contributed by atoms with Crippen LogP contribution in [-0.2, 0) is 11.3 Å². The highest BCUT2D eigenvalue weighted by atomic mass is 35.5. The Balaban J connectivity index is 0.00000288. The molecule has 0 aromatic heterocycles. The number of hydrogen-bond acceptors (Lipinski definition) is 1. The van der Waals surface area contributed by atoms with Crippen LogP contribution in [0, 0.1) is 5.92 Å². The molecule has 1 fully saturated rings.